The molecule has 0 aliphatic heterocycles. The van der Waals surface area contributed by atoms with Gasteiger partial charge in [0.1, 0.15) is 6.07 Å². The van der Waals surface area contributed by atoms with Crippen molar-refractivity contribution in [3.8, 4) is 6.07 Å². The SMILES string of the molecule is CC(=O)c1c(N)ccc(C#N)c1N. The van der Waals surface area contributed by atoms with E-state index in [2.05, 4.69) is 0 Å². The molecule has 0 saturated carbocycles. The van der Waals surface area contributed by atoms with Crippen molar-refractivity contribution in [2.24, 2.45) is 0 Å². The number of benzene rings is 1. The molecule has 0 atom stereocenters. The molecule has 4 N–H and O–H groups in total. The van der Waals surface area contributed by atoms with Gasteiger partial charge in [-0.05, 0) is 19.1 Å². The third kappa shape index (κ3) is 1.44. The number of Topliss-reactive ketones (excluding diaryl/α,β-unsaturated/α-hetero) is 1. The zero-order valence-corrected chi connectivity index (χ0v) is 7.16. The number of nitrogen functional groups attached to an aromatic ring is 2. The molecule has 0 radical (unpaired) electrons. The van der Waals surface area contributed by atoms with Crippen LogP contribution in [-0.4, -0.2) is 5.78 Å². The van der Waals surface area contributed by atoms with Gasteiger partial charge in [0.15, 0.2) is 5.78 Å². The number of nitriles is 1. The highest BCUT2D eigenvalue weighted by molar-refractivity contribution is 6.04. The standard InChI is InChI=1S/C9H9N3O/c1-5(13)8-7(11)3-2-6(4-10)9(8)12/h2-3H,11-12H2,1H3. The van der Waals surface area contributed by atoms with Crippen LogP contribution in [0.2, 0.25) is 0 Å². The maximum Gasteiger partial charge on any atom is 0.163 e. The van der Waals surface area contributed by atoms with Crippen LogP contribution in [0.3, 0.4) is 0 Å². The molecule has 4 heteroatoms. The second-order valence-corrected chi connectivity index (χ2v) is 2.66. The van der Waals surface area contributed by atoms with E-state index in [0.29, 0.717) is 5.69 Å². The molecule has 0 aromatic heterocycles. The predicted octanol–water partition coefficient (Wildman–Crippen LogP) is 0.925. The molecule has 0 unspecified atom stereocenters. The van der Waals surface area contributed by atoms with Crippen molar-refractivity contribution in [2.75, 3.05) is 11.5 Å². The quantitative estimate of drug-likeness (QED) is 0.490. The Labute approximate surface area is 75.8 Å². The van der Waals surface area contributed by atoms with Crippen molar-refractivity contribution in [1.29, 1.82) is 5.26 Å². The van der Waals surface area contributed by atoms with Gasteiger partial charge in [-0.2, -0.15) is 5.26 Å². The second kappa shape index (κ2) is 3.15. The normalized spacial score (nSPS) is 9.23. The zero-order chi connectivity index (χ0) is 10.0. The summed E-state index contributed by atoms with van der Waals surface area (Å²) in [7, 11) is 0. The van der Waals surface area contributed by atoms with E-state index >= 15 is 0 Å². The summed E-state index contributed by atoms with van der Waals surface area (Å²) in [6, 6.07) is 4.89. The van der Waals surface area contributed by atoms with Crippen LogP contribution in [0.4, 0.5) is 11.4 Å². The molecule has 0 aliphatic carbocycles. The monoisotopic (exact) mass is 175 g/mol. The Bertz CT molecular complexity index is 404. The van der Waals surface area contributed by atoms with E-state index in [0.717, 1.165) is 0 Å². The lowest BCUT2D eigenvalue weighted by molar-refractivity contribution is 0.101. The largest absolute Gasteiger partial charge is 0.398 e. The molecule has 1 rings (SSSR count). The Hall–Kier alpha value is -2.02. The second-order valence-electron chi connectivity index (χ2n) is 2.66. The van der Waals surface area contributed by atoms with Gasteiger partial charge in [-0.15, -0.1) is 0 Å². The van der Waals surface area contributed by atoms with Gasteiger partial charge < -0.3 is 11.5 Å². The van der Waals surface area contributed by atoms with Crippen LogP contribution in [-0.2, 0) is 0 Å². The molecule has 0 amide bonds. The van der Waals surface area contributed by atoms with Crippen molar-refractivity contribution in [1.82, 2.24) is 0 Å². The van der Waals surface area contributed by atoms with Crippen LogP contribution in [0.1, 0.15) is 22.8 Å². The lowest BCUT2D eigenvalue weighted by atomic mass is 10.0. The van der Waals surface area contributed by atoms with Gasteiger partial charge in [-0.1, -0.05) is 0 Å². The minimum Gasteiger partial charge on any atom is -0.398 e. The molecule has 0 saturated heterocycles. The van der Waals surface area contributed by atoms with Crippen LogP contribution < -0.4 is 11.5 Å². The lowest BCUT2D eigenvalue weighted by Gasteiger charge is -2.06. The molecule has 0 fully saturated rings. The fraction of sp³-hybridized carbons (Fsp3) is 0.111. The average Bonchev–Trinajstić information content (AvgIpc) is 2.04. The highest BCUT2D eigenvalue weighted by atomic mass is 16.1. The summed E-state index contributed by atoms with van der Waals surface area (Å²) in [5.41, 5.74) is 12.1. The molecule has 66 valence electrons. The van der Waals surface area contributed by atoms with Gasteiger partial charge in [0.2, 0.25) is 0 Å². The van der Waals surface area contributed by atoms with E-state index < -0.39 is 0 Å². The summed E-state index contributed by atoms with van der Waals surface area (Å²) >= 11 is 0. The van der Waals surface area contributed by atoms with Crippen LogP contribution in [0.5, 0.6) is 0 Å². The molecule has 0 heterocycles. The van der Waals surface area contributed by atoms with E-state index in [4.69, 9.17) is 16.7 Å². The van der Waals surface area contributed by atoms with Gasteiger partial charge >= 0.3 is 0 Å². The van der Waals surface area contributed by atoms with E-state index in [9.17, 15) is 4.79 Å². The van der Waals surface area contributed by atoms with Crippen LogP contribution in [0.15, 0.2) is 12.1 Å². The first-order valence-electron chi connectivity index (χ1n) is 3.67. The highest BCUT2D eigenvalue weighted by Gasteiger charge is 2.12. The van der Waals surface area contributed by atoms with Crippen LogP contribution in [0, 0.1) is 11.3 Å². The number of carbonyl (C=O) groups is 1. The number of nitrogens with two attached hydrogens (primary N) is 2. The first-order valence-corrected chi connectivity index (χ1v) is 3.67. The van der Waals surface area contributed by atoms with Crippen LogP contribution in [0.25, 0.3) is 0 Å². The van der Waals surface area contributed by atoms with Gasteiger partial charge in [0.05, 0.1) is 16.8 Å². The number of rotatable bonds is 1. The maximum absolute atomic E-state index is 11.1. The summed E-state index contributed by atoms with van der Waals surface area (Å²) in [4.78, 5) is 11.1. The summed E-state index contributed by atoms with van der Waals surface area (Å²) in [6.07, 6.45) is 0. The van der Waals surface area contributed by atoms with E-state index in [1.165, 1.54) is 19.1 Å². The summed E-state index contributed by atoms with van der Waals surface area (Å²) < 4.78 is 0. The van der Waals surface area contributed by atoms with Gasteiger partial charge in [0, 0.05) is 5.69 Å². The Morgan fingerprint density at radius 1 is 1.46 bits per heavy atom. The minimum absolute atomic E-state index is 0.162. The van der Waals surface area contributed by atoms with Gasteiger partial charge in [-0.25, -0.2) is 0 Å². The lowest BCUT2D eigenvalue weighted by Crippen LogP contribution is -2.06. The number of hydrogen-bond acceptors (Lipinski definition) is 4. The fourth-order valence-corrected chi connectivity index (χ4v) is 1.13. The van der Waals surface area contributed by atoms with Gasteiger partial charge in [-0.3, -0.25) is 4.79 Å². The fourth-order valence-electron chi connectivity index (χ4n) is 1.13. The molecule has 1 aromatic rings. The summed E-state index contributed by atoms with van der Waals surface area (Å²) in [6.45, 7) is 1.36. The molecular formula is C9H9N3O. The van der Waals surface area contributed by atoms with Crippen molar-refractivity contribution >= 4 is 17.2 Å². The Kier molecular flexibility index (Phi) is 2.20. The summed E-state index contributed by atoms with van der Waals surface area (Å²) in [5.74, 6) is -0.230. The van der Waals surface area contributed by atoms with Crippen molar-refractivity contribution < 1.29 is 4.79 Å². The third-order valence-corrected chi connectivity index (χ3v) is 1.75. The highest BCUT2D eigenvalue weighted by Crippen LogP contribution is 2.23. The Morgan fingerprint density at radius 3 is 2.54 bits per heavy atom. The number of carbonyl (C=O) groups excluding carboxylic acids is 1. The number of hydrogen-bond donors (Lipinski definition) is 2. The topological polar surface area (TPSA) is 92.9 Å². The molecule has 0 aliphatic rings. The van der Waals surface area contributed by atoms with E-state index in [1.54, 1.807) is 0 Å². The van der Waals surface area contributed by atoms with Gasteiger partial charge in [0.25, 0.3) is 0 Å². The zero-order valence-electron chi connectivity index (χ0n) is 7.16. The maximum atomic E-state index is 11.1. The van der Waals surface area contributed by atoms with Crippen molar-refractivity contribution in [3.63, 3.8) is 0 Å². The molecule has 1 aromatic carbocycles. The van der Waals surface area contributed by atoms with Crippen molar-refractivity contribution in [2.45, 2.75) is 6.92 Å². The molecule has 0 bridgehead atoms. The average molecular weight is 175 g/mol. The third-order valence-electron chi connectivity index (χ3n) is 1.75. The Morgan fingerprint density at radius 2 is 2.08 bits per heavy atom. The number of anilines is 2. The number of nitrogens with zero attached hydrogens (tertiary/aromatic N) is 1. The molecular weight excluding hydrogens is 166 g/mol. The molecule has 13 heavy (non-hydrogen) atoms. The first-order chi connectivity index (χ1) is 6.07. The first kappa shape index (κ1) is 9.07. The smallest absolute Gasteiger partial charge is 0.163 e. The Balaban J connectivity index is 3.50. The molecule has 0 spiro atoms. The summed E-state index contributed by atoms with van der Waals surface area (Å²) in [5, 5.41) is 8.63. The minimum atomic E-state index is -0.230. The predicted molar refractivity (Wildman–Crippen MR) is 50.0 cm³/mol. The van der Waals surface area contributed by atoms with Crippen LogP contribution >= 0.6 is 0 Å². The van der Waals surface area contributed by atoms with E-state index in [-0.39, 0.29) is 22.6 Å². The molecule has 4 nitrogen and oxygen atoms in total. The number of ketones is 1. The van der Waals surface area contributed by atoms with Crippen molar-refractivity contribution in [3.05, 3.63) is 23.3 Å². The van der Waals surface area contributed by atoms with E-state index in [1.807, 2.05) is 6.07 Å².